The average Bonchev–Trinajstić information content (AvgIpc) is 3.32. The number of anilines is 1. The molecule has 1 aliphatic rings. The van der Waals surface area contributed by atoms with Crippen molar-refractivity contribution >= 4 is 34.9 Å². The van der Waals surface area contributed by atoms with Crippen molar-refractivity contribution in [1.29, 1.82) is 0 Å². The third kappa shape index (κ3) is 5.02. The van der Waals surface area contributed by atoms with Crippen LogP contribution in [0.1, 0.15) is 28.8 Å². The summed E-state index contributed by atoms with van der Waals surface area (Å²) in [7, 11) is 3.33. The number of rotatable bonds is 4. The highest BCUT2D eigenvalue weighted by Gasteiger charge is 2.37. The van der Waals surface area contributed by atoms with E-state index in [4.69, 9.17) is 0 Å². The molecule has 7 nitrogen and oxygen atoms in total. The summed E-state index contributed by atoms with van der Waals surface area (Å²) in [4.78, 5) is 16.4. The number of fused-ring (bicyclic) bond motifs is 1. The number of benzene rings is 2. The van der Waals surface area contributed by atoms with E-state index in [1.165, 1.54) is 11.9 Å². The molecule has 200 valence electrons. The third-order valence-corrected chi connectivity index (χ3v) is 6.88. The van der Waals surface area contributed by atoms with Crippen LogP contribution in [0.5, 0.6) is 0 Å². The third-order valence-electron chi connectivity index (χ3n) is 6.88. The summed E-state index contributed by atoms with van der Waals surface area (Å²) in [5.74, 6) is -1.11. The number of alkyl halides is 3. The number of carbonyl (C=O) groups excluding carboxylic acids is 1. The lowest BCUT2D eigenvalue weighted by atomic mass is 10.00. The van der Waals surface area contributed by atoms with Gasteiger partial charge in [0.15, 0.2) is 5.82 Å². The Morgan fingerprint density at radius 1 is 1.03 bits per heavy atom. The molecule has 0 aliphatic carbocycles. The summed E-state index contributed by atoms with van der Waals surface area (Å²) in [5.41, 5.74) is -0.258. The zero-order valence-corrected chi connectivity index (χ0v) is 21.4. The van der Waals surface area contributed by atoms with Gasteiger partial charge in [-0.05, 0) is 37.1 Å². The van der Waals surface area contributed by atoms with Gasteiger partial charge in [0.25, 0.3) is 5.91 Å². The number of carbonyl (C=O) groups is 1. The van der Waals surface area contributed by atoms with E-state index >= 15 is 0 Å². The van der Waals surface area contributed by atoms with Crippen LogP contribution in [-0.2, 0) is 13.2 Å². The van der Waals surface area contributed by atoms with E-state index in [2.05, 4.69) is 20.2 Å². The van der Waals surface area contributed by atoms with Gasteiger partial charge in [0.05, 0.1) is 16.8 Å². The van der Waals surface area contributed by atoms with Gasteiger partial charge in [0.1, 0.15) is 11.5 Å². The first-order valence-corrected chi connectivity index (χ1v) is 11.8. The van der Waals surface area contributed by atoms with E-state index in [9.17, 15) is 22.4 Å². The molecule has 38 heavy (non-hydrogen) atoms. The van der Waals surface area contributed by atoms with E-state index in [-0.39, 0.29) is 18.4 Å². The molecule has 4 aromatic rings. The predicted octanol–water partition coefficient (Wildman–Crippen LogP) is 5.35. The Kier molecular flexibility index (Phi) is 7.59. The van der Waals surface area contributed by atoms with Crippen molar-refractivity contribution < 1.29 is 22.4 Å². The van der Waals surface area contributed by atoms with Crippen molar-refractivity contribution in [2.24, 2.45) is 7.05 Å². The molecule has 0 unspecified atom stereocenters. The second-order valence-electron chi connectivity index (χ2n) is 9.08. The molecule has 0 saturated carbocycles. The summed E-state index contributed by atoms with van der Waals surface area (Å²) in [6.07, 6.45) is -2.07. The molecule has 0 radical (unpaired) electrons. The summed E-state index contributed by atoms with van der Waals surface area (Å²) < 4.78 is 55.5. The maximum atomic E-state index is 13.5. The molecule has 1 saturated heterocycles. The maximum absolute atomic E-state index is 13.5. The Morgan fingerprint density at radius 3 is 2.34 bits per heavy atom. The lowest BCUT2D eigenvalue weighted by Crippen LogP contribution is -2.46. The van der Waals surface area contributed by atoms with Crippen LogP contribution in [0.2, 0.25) is 0 Å². The van der Waals surface area contributed by atoms with Gasteiger partial charge in [0.2, 0.25) is 0 Å². The summed E-state index contributed by atoms with van der Waals surface area (Å²) >= 11 is 0. The zero-order chi connectivity index (χ0) is 26.3. The average molecular weight is 549 g/mol. The van der Waals surface area contributed by atoms with Crippen LogP contribution in [0.25, 0.3) is 22.2 Å². The van der Waals surface area contributed by atoms with Gasteiger partial charge in [-0.2, -0.15) is 18.3 Å². The molecule has 0 spiro atoms. The topological polar surface area (TPSA) is 67.2 Å². The summed E-state index contributed by atoms with van der Waals surface area (Å²) in [6.45, 7) is 1.09. The molecule has 0 atom stereocenters. The number of nitrogens with zero attached hydrogens (tertiary/aromatic N) is 6. The second-order valence-corrected chi connectivity index (χ2v) is 9.08. The Bertz CT molecular complexity index is 1470. The fourth-order valence-corrected chi connectivity index (χ4v) is 4.88. The largest absolute Gasteiger partial charge is 0.417 e. The lowest BCUT2D eigenvalue weighted by molar-refractivity contribution is -0.138. The van der Waals surface area contributed by atoms with Crippen LogP contribution in [0.3, 0.4) is 0 Å². The Hall–Kier alpha value is -3.73. The highest BCUT2D eigenvalue weighted by Crippen LogP contribution is 2.35. The van der Waals surface area contributed by atoms with Crippen molar-refractivity contribution in [1.82, 2.24) is 24.9 Å². The molecular formula is C26H25ClF4N6O. The Balaban J connectivity index is 0.00000336. The van der Waals surface area contributed by atoms with Gasteiger partial charge < -0.3 is 9.80 Å². The highest BCUT2D eigenvalue weighted by atomic mass is 35.5. The molecule has 3 heterocycles. The number of amides is 1. The molecule has 1 aliphatic heterocycles. The second kappa shape index (κ2) is 10.6. The lowest BCUT2D eigenvalue weighted by Gasteiger charge is -2.37. The van der Waals surface area contributed by atoms with Crippen molar-refractivity contribution in [3.8, 4) is 11.4 Å². The van der Waals surface area contributed by atoms with Crippen molar-refractivity contribution in [3.63, 3.8) is 0 Å². The molecule has 0 bridgehead atoms. The Labute approximate surface area is 222 Å². The minimum absolute atomic E-state index is 0. The monoisotopic (exact) mass is 548 g/mol. The number of hydrogen-bond donors (Lipinski definition) is 0. The SMILES string of the molecule is CN(C(=O)c1ccc(F)cc1C(F)(F)F)C1CCN(c2nnc(-c3ccnn3C)c3ccccc23)CC1.Cl. The smallest absolute Gasteiger partial charge is 0.354 e. The van der Waals surface area contributed by atoms with Crippen LogP contribution in [0.4, 0.5) is 23.4 Å². The number of aryl methyl sites for hydroxylation is 1. The maximum Gasteiger partial charge on any atom is 0.417 e. The number of aromatic nitrogens is 4. The highest BCUT2D eigenvalue weighted by molar-refractivity contribution is 6.00. The molecule has 2 aromatic carbocycles. The minimum atomic E-state index is -4.83. The first kappa shape index (κ1) is 27.3. The Morgan fingerprint density at radius 2 is 1.71 bits per heavy atom. The summed E-state index contributed by atoms with van der Waals surface area (Å²) in [6, 6.07) is 11.6. The normalized spacial score (nSPS) is 14.4. The van der Waals surface area contributed by atoms with Crippen LogP contribution in [-0.4, -0.2) is 57.0 Å². The van der Waals surface area contributed by atoms with Gasteiger partial charge >= 0.3 is 6.18 Å². The van der Waals surface area contributed by atoms with Gasteiger partial charge in [-0.1, -0.05) is 24.3 Å². The fraction of sp³-hybridized carbons (Fsp3) is 0.308. The zero-order valence-electron chi connectivity index (χ0n) is 20.6. The van der Waals surface area contributed by atoms with Crippen LogP contribution < -0.4 is 4.90 Å². The molecule has 0 N–H and O–H groups in total. The molecule has 1 fully saturated rings. The molecule has 5 rings (SSSR count). The van der Waals surface area contributed by atoms with Gasteiger partial charge in [0, 0.05) is 50.2 Å². The van der Waals surface area contributed by atoms with E-state index in [1.807, 2.05) is 37.4 Å². The van der Waals surface area contributed by atoms with E-state index in [1.54, 1.807) is 10.9 Å². The quantitative estimate of drug-likeness (QED) is 0.322. The van der Waals surface area contributed by atoms with E-state index in [0.29, 0.717) is 37.8 Å². The fourth-order valence-electron chi connectivity index (χ4n) is 4.88. The molecule has 12 heteroatoms. The van der Waals surface area contributed by atoms with E-state index < -0.39 is 29.0 Å². The van der Waals surface area contributed by atoms with Crippen molar-refractivity contribution in [2.45, 2.75) is 25.1 Å². The van der Waals surface area contributed by atoms with Gasteiger partial charge in [-0.3, -0.25) is 9.48 Å². The van der Waals surface area contributed by atoms with Crippen LogP contribution in [0.15, 0.2) is 54.7 Å². The molecular weight excluding hydrogens is 524 g/mol. The van der Waals surface area contributed by atoms with Crippen molar-refractivity contribution in [3.05, 3.63) is 71.7 Å². The van der Waals surface area contributed by atoms with Crippen LogP contribution >= 0.6 is 12.4 Å². The predicted molar refractivity (Wildman–Crippen MR) is 138 cm³/mol. The first-order chi connectivity index (χ1) is 17.6. The number of halogens is 5. The van der Waals surface area contributed by atoms with Gasteiger partial charge in [-0.15, -0.1) is 22.6 Å². The minimum Gasteiger partial charge on any atom is -0.354 e. The molecule has 1 amide bonds. The number of piperidine rings is 1. The standard InChI is InChI=1S/C26H24F4N6O.ClH/c1-34(25(37)20-8-7-16(27)15-21(20)26(28,29)30)17-10-13-36(14-11-17)24-19-6-4-3-5-18(19)23(32-33-24)22-9-12-31-35(22)2;/h3-9,12,15,17H,10-11,13-14H2,1-2H3;1H. The van der Waals surface area contributed by atoms with E-state index in [0.717, 1.165) is 34.3 Å². The number of hydrogen-bond acceptors (Lipinski definition) is 5. The van der Waals surface area contributed by atoms with Crippen molar-refractivity contribution in [2.75, 3.05) is 25.0 Å². The first-order valence-electron chi connectivity index (χ1n) is 11.8. The van der Waals surface area contributed by atoms with Gasteiger partial charge in [-0.25, -0.2) is 4.39 Å². The summed E-state index contributed by atoms with van der Waals surface area (Å²) in [5, 5.41) is 15.1. The van der Waals surface area contributed by atoms with Crippen LogP contribution in [0, 0.1) is 5.82 Å². The molecule has 2 aromatic heterocycles.